The van der Waals surface area contributed by atoms with E-state index in [-0.39, 0.29) is 0 Å². The van der Waals surface area contributed by atoms with Crippen LogP contribution in [-0.2, 0) is 0 Å². The van der Waals surface area contributed by atoms with Gasteiger partial charge in [0.05, 0.1) is 11.0 Å². The number of aromatic amines is 1. The highest BCUT2D eigenvalue weighted by molar-refractivity contribution is 5.80. The molecule has 2 aliphatic heterocycles. The SMILES string of the molecule is CC1CNCC1c1nc2cc3c(cc2[nH]1)OCCO3. The van der Waals surface area contributed by atoms with Crippen LogP contribution in [0.2, 0.25) is 0 Å². The number of H-pyrrole nitrogens is 1. The van der Waals surface area contributed by atoms with E-state index in [4.69, 9.17) is 14.5 Å². The predicted octanol–water partition coefficient (Wildman–Crippen LogP) is 1.66. The zero-order valence-corrected chi connectivity index (χ0v) is 10.9. The highest BCUT2D eigenvalue weighted by Gasteiger charge is 2.27. The van der Waals surface area contributed by atoms with Gasteiger partial charge in [0.1, 0.15) is 19.0 Å². The summed E-state index contributed by atoms with van der Waals surface area (Å²) in [7, 11) is 0. The summed E-state index contributed by atoms with van der Waals surface area (Å²) in [5, 5.41) is 3.41. The van der Waals surface area contributed by atoms with Gasteiger partial charge in [0.2, 0.25) is 0 Å². The summed E-state index contributed by atoms with van der Waals surface area (Å²) in [4.78, 5) is 8.15. The van der Waals surface area contributed by atoms with Crippen molar-refractivity contribution in [2.75, 3.05) is 26.3 Å². The van der Waals surface area contributed by atoms with E-state index in [1.165, 1.54) is 0 Å². The highest BCUT2D eigenvalue weighted by atomic mass is 16.6. The second-order valence-electron chi connectivity index (χ2n) is 5.38. The van der Waals surface area contributed by atoms with Crippen molar-refractivity contribution in [3.63, 3.8) is 0 Å². The number of hydrogen-bond acceptors (Lipinski definition) is 4. The Morgan fingerprint density at radius 1 is 1.16 bits per heavy atom. The van der Waals surface area contributed by atoms with Crippen LogP contribution in [0.15, 0.2) is 12.1 Å². The standard InChI is InChI=1S/C14H17N3O2/c1-8-6-15-7-9(8)14-16-10-4-12-13(5-11(10)17-14)19-3-2-18-12/h4-5,8-9,15H,2-3,6-7H2,1H3,(H,16,17). The van der Waals surface area contributed by atoms with E-state index in [2.05, 4.69) is 17.2 Å². The molecule has 5 nitrogen and oxygen atoms in total. The van der Waals surface area contributed by atoms with Gasteiger partial charge in [-0.3, -0.25) is 0 Å². The number of hydrogen-bond donors (Lipinski definition) is 2. The lowest BCUT2D eigenvalue weighted by atomic mass is 9.98. The molecule has 2 aromatic rings. The van der Waals surface area contributed by atoms with Gasteiger partial charge in [0, 0.05) is 24.6 Å². The van der Waals surface area contributed by atoms with Crippen LogP contribution in [0.4, 0.5) is 0 Å². The van der Waals surface area contributed by atoms with Crippen molar-refractivity contribution in [2.45, 2.75) is 12.8 Å². The van der Waals surface area contributed by atoms with Gasteiger partial charge in [-0.25, -0.2) is 4.98 Å². The number of fused-ring (bicyclic) bond motifs is 2. The molecule has 5 heteroatoms. The van der Waals surface area contributed by atoms with Crippen LogP contribution in [-0.4, -0.2) is 36.3 Å². The van der Waals surface area contributed by atoms with Gasteiger partial charge in [-0.05, 0) is 12.5 Å². The lowest BCUT2D eigenvalue weighted by Gasteiger charge is -2.17. The largest absolute Gasteiger partial charge is 0.486 e. The highest BCUT2D eigenvalue weighted by Crippen LogP contribution is 2.35. The molecule has 0 bridgehead atoms. The van der Waals surface area contributed by atoms with Crippen LogP contribution in [0.25, 0.3) is 11.0 Å². The maximum Gasteiger partial charge on any atom is 0.163 e. The lowest BCUT2D eigenvalue weighted by Crippen LogP contribution is -2.15. The number of aromatic nitrogens is 2. The molecule has 0 saturated carbocycles. The smallest absolute Gasteiger partial charge is 0.163 e. The molecule has 1 aromatic carbocycles. The number of benzene rings is 1. The van der Waals surface area contributed by atoms with Crippen molar-refractivity contribution in [3.05, 3.63) is 18.0 Å². The minimum atomic E-state index is 0.464. The molecule has 100 valence electrons. The van der Waals surface area contributed by atoms with Gasteiger partial charge >= 0.3 is 0 Å². The van der Waals surface area contributed by atoms with Crippen molar-refractivity contribution in [1.82, 2.24) is 15.3 Å². The fourth-order valence-corrected chi connectivity index (χ4v) is 2.92. The molecular weight excluding hydrogens is 242 g/mol. The topological polar surface area (TPSA) is 59.2 Å². The molecule has 0 radical (unpaired) electrons. The van der Waals surface area contributed by atoms with E-state index in [1.807, 2.05) is 12.1 Å². The number of rotatable bonds is 1. The van der Waals surface area contributed by atoms with Gasteiger partial charge in [-0.15, -0.1) is 0 Å². The normalized spacial score (nSPS) is 25.9. The molecule has 2 atom stereocenters. The van der Waals surface area contributed by atoms with E-state index in [0.717, 1.165) is 41.4 Å². The molecule has 1 fully saturated rings. The Morgan fingerprint density at radius 2 is 1.95 bits per heavy atom. The van der Waals surface area contributed by atoms with E-state index < -0.39 is 0 Å². The van der Waals surface area contributed by atoms with E-state index in [9.17, 15) is 0 Å². The first-order valence-corrected chi connectivity index (χ1v) is 6.81. The van der Waals surface area contributed by atoms with Crippen molar-refractivity contribution in [3.8, 4) is 11.5 Å². The fourth-order valence-electron chi connectivity index (χ4n) is 2.92. The van der Waals surface area contributed by atoms with Crippen LogP contribution >= 0.6 is 0 Å². The van der Waals surface area contributed by atoms with Crippen molar-refractivity contribution < 1.29 is 9.47 Å². The summed E-state index contributed by atoms with van der Waals surface area (Å²) in [6.45, 7) is 5.54. The Morgan fingerprint density at radius 3 is 2.68 bits per heavy atom. The van der Waals surface area contributed by atoms with Crippen LogP contribution in [0.3, 0.4) is 0 Å². The third kappa shape index (κ3) is 1.76. The molecule has 19 heavy (non-hydrogen) atoms. The number of nitrogens with zero attached hydrogens (tertiary/aromatic N) is 1. The molecule has 1 saturated heterocycles. The first-order valence-electron chi connectivity index (χ1n) is 6.81. The van der Waals surface area contributed by atoms with Crippen molar-refractivity contribution in [1.29, 1.82) is 0 Å². The van der Waals surface area contributed by atoms with Crippen LogP contribution in [0.5, 0.6) is 11.5 Å². The predicted molar refractivity (Wildman–Crippen MR) is 71.9 cm³/mol. The molecule has 2 N–H and O–H groups in total. The molecule has 4 rings (SSSR count). The molecule has 0 aliphatic carbocycles. The Balaban J connectivity index is 1.78. The van der Waals surface area contributed by atoms with Crippen LogP contribution in [0, 0.1) is 5.92 Å². The van der Waals surface area contributed by atoms with Crippen LogP contribution in [0.1, 0.15) is 18.7 Å². The molecule has 0 spiro atoms. The zero-order chi connectivity index (χ0) is 12.8. The van der Waals surface area contributed by atoms with Crippen LogP contribution < -0.4 is 14.8 Å². The third-order valence-electron chi connectivity index (χ3n) is 4.03. The third-order valence-corrected chi connectivity index (χ3v) is 4.03. The summed E-state index contributed by atoms with van der Waals surface area (Å²) in [5.41, 5.74) is 1.98. The molecule has 1 aromatic heterocycles. The zero-order valence-electron chi connectivity index (χ0n) is 10.9. The molecule has 3 heterocycles. The lowest BCUT2D eigenvalue weighted by molar-refractivity contribution is 0.172. The van der Waals surface area contributed by atoms with Gasteiger partial charge in [0.15, 0.2) is 11.5 Å². The minimum absolute atomic E-state index is 0.464. The molecule has 0 amide bonds. The van der Waals surface area contributed by atoms with E-state index >= 15 is 0 Å². The minimum Gasteiger partial charge on any atom is -0.486 e. The Kier molecular flexibility index (Phi) is 2.41. The summed E-state index contributed by atoms with van der Waals surface area (Å²) in [5.74, 6) is 3.75. The molecule has 2 aliphatic rings. The molecular formula is C14H17N3O2. The van der Waals surface area contributed by atoms with Gasteiger partial charge in [-0.2, -0.15) is 0 Å². The Bertz CT molecular complexity index is 579. The van der Waals surface area contributed by atoms with E-state index in [0.29, 0.717) is 25.0 Å². The van der Waals surface area contributed by atoms with Gasteiger partial charge in [-0.1, -0.05) is 6.92 Å². The van der Waals surface area contributed by atoms with Crippen molar-refractivity contribution in [2.24, 2.45) is 5.92 Å². The number of imidazole rings is 1. The second kappa shape index (κ2) is 4.13. The van der Waals surface area contributed by atoms with E-state index in [1.54, 1.807) is 0 Å². The first kappa shape index (κ1) is 11.1. The molecule has 2 unspecified atom stereocenters. The quantitative estimate of drug-likeness (QED) is 0.817. The number of ether oxygens (including phenoxy) is 2. The van der Waals surface area contributed by atoms with Gasteiger partial charge in [0.25, 0.3) is 0 Å². The van der Waals surface area contributed by atoms with Gasteiger partial charge < -0.3 is 19.8 Å². The Labute approximate surface area is 111 Å². The monoisotopic (exact) mass is 259 g/mol. The second-order valence-corrected chi connectivity index (χ2v) is 5.38. The maximum atomic E-state index is 5.60. The summed E-state index contributed by atoms with van der Waals surface area (Å²) < 4.78 is 11.2. The Hall–Kier alpha value is -1.75. The average Bonchev–Trinajstić information content (AvgIpc) is 3.01. The average molecular weight is 259 g/mol. The summed E-state index contributed by atoms with van der Waals surface area (Å²) in [6.07, 6.45) is 0. The summed E-state index contributed by atoms with van der Waals surface area (Å²) >= 11 is 0. The maximum absolute atomic E-state index is 5.60. The van der Waals surface area contributed by atoms with Crippen molar-refractivity contribution >= 4 is 11.0 Å². The number of nitrogens with one attached hydrogen (secondary N) is 2. The first-order chi connectivity index (χ1) is 9.31. The fraction of sp³-hybridized carbons (Fsp3) is 0.500. The summed E-state index contributed by atoms with van der Waals surface area (Å²) in [6, 6.07) is 3.96.